The van der Waals surface area contributed by atoms with E-state index in [4.69, 9.17) is 23.7 Å². The lowest BCUT2D eigenvalue weighted by atomic mass is 10.1. The number of hydrogen-bond acceptors (Lipinski definition) is 8. The monoisotopic (exact) mass is 528 g/mol. The van der Waals surface area contributed by atoms with E-state index < -0.39 is 22.5 Å². The Kier molecular flexibility index (Phi) is 7.92. The van der Waals surface area contributed by atoms with E-state index in [-0.39, 0.29) is 17.1 Å². The van der Waals surface area contributed by atoms with Crippen LogP contribution in [0.25, 0.3) is 0 Å². The van der Waals surface area contributed by atoms with Gasteiger partial charge in [-0.15, -0.1) is 0 Å². The van der Waals surface area contributed by atoms with Crippen molar-refractivity contribution in [2.45, 2.75) is 11.4 Å². The predicted octanol–water partition coefficient (Wildman–Crippen LogP) is 3.00. The summed E-state index contributed by atoms with van der Waals surface area (Å²) in [5, 5.41) is 2.77. The second kappa shape index (κ2) is 11.3. The molecule has 1 amide bonds. The SMILES string of the molecule is COc1ccc(CNC(=O)CN(c2ccc3c(c2)OCCO3)S(=O)(=O)c2ccccc2)c(OC)c1OC. The summed E-state index contributed by atoms with van der Waals surface area (Å²) in [7, 11) is 0.409. The normalized spacial score (nSPS) is 12.4. The average Bonchev–Trinajstić information content (AvgIpc) is 2.94. The molecule has 1 aliphatic rings. The molecule has 0 saturated carbocycles. The molecule has 196 valence electrons. The fourth-order valence-electron chi connectivity index (χ4n) is 3.90. The van der Waals surface area contributed by atoms with Gasteiger partial charge in [0.2, 0.25) is 11.7 Å². The molecule has 0 atom stereocenters. The second-order valence-electron chi connectivity index (χ2n) is 7.92. The standard InChI is InChI=1S/C26H28N2O8S/c1-32-22-11-9-18(25(33-2)26(22)34-3)16-27-24(29)17-28(37(30,31)20-7-5-4-6-8-20)19-10-12-21-23(15-19)36-14-13-35-21/h4-12,15H,13-14,16-17H2,1-3H3,(H,27,29). The number of carbonyl (C=O) groups is 1. The number of fused-ring (bicyclic) bond motifs is 1. The van der Waals surface area contributed by atoms with Crippen molar-refractivity contribution >= 4 is 21.6 Å². The Labute approximate surface area is 215 Å². The molecule has 11 heteroatoms. The Hall–Kier alpha value is -4.12. The summed E-state index contributed by atoms with van der Waals surface area (Å²) in [5.41, 5.74) is 0.900. The van der Waals surface area contributed by atoms with Crippen LogP contribution in [-0.4, -0.2) is 55.4 Å². The maximum absolute atomic E-state index is 13.6. The summed E-state index contributed by atoms with van der Waals surface area (Å²) in [6, 6.07) is 16.1. The lowest BCUT2D eigenvalue weighted by Crippen LogP contribution is -2.40. The first-order valence-corrected chi connectivity index (χ1v) is 12.8. The smallest absolute Gasteiger partial charge is 0.264 e. The third-order valence-electron chi connectivity index (χ3n) is 5.69. The zero-order chi connectivity index (χ0) is 26.4. The van der Waals surface area contributed by atoms with Gasteiger partial charge >= 0.3 is 0 Å². The highest BCUT2D eigenvalue weighted by Gasteiger charge is 2.28. The van der Waals surface area contributed by atoms with Crippen molar-refractivity contribution in [3.63, 3.8) is 0 Å². The molecule has 3 aromatic carbocycles. The topological polar surface area (TPSA) is 113 Å². The largest absolute Gasteiger partial charge is 0.493 e. The van der Waals surface area contributed by atoms with Crippen LogP contribution in [0.1, 0.15) is 5.56 Å². The maximum atomic E-state index is 13.6. The molecule has 10 nitrogen and oxygen atoms in total. The minimum Gasteiger partial charge on any atom is -0.493 e. The van der Waals surface area contributed by atoms with Gasteiger partial charge in [0.05, 0.1) is 31.9 Å². The van der Waals surface area contributed by atoms with Gasteiger partial charge in [0.15, 0.2) is 23.0 Å². The Morgan fingerprint density at radius 1 is 0.892 bits per heavy atom. The number of ether oxygens (including phenoxy) is 5. The van der Waals surface area contributed by atoms with E-state index in [1.165, 1.54) is 33.5 Å². The molecule has 0 bridgehead atoms. The number of methoxy groups -OCH3 is 3. The number of sulfonamides is 1. The summed E-state index contributed by atoms with van der Waals surface area (Å²) in [4.78, 5) is 13.1. The summed E-state index contributed by atoms with van der Waals surface area (Å²) in [6.07, 6.45) is 0. The lowest BCUT2D eigenvalue weighted by Gasteiger charge is -2.26. The maximum Gasteiger partial charge on any atom is 0.264 e. The van der Waals surface area contributed by atoms with E-state index in [2.05, 4.69) is 5.32 Å². The average molecular weight is 529 g/mol. The highest BCUT2D eigenvalue weighted by Crippen LogP contribution is 2.40. The Balaban J connectivity index is 1.61. The van der Waals surface area contributed by atoms with E-state index in [0.717, 1.165) is 4.31 Å². The van der Waals surface area contributed by atoms with Crippen LogP contribution in [0.3, 0.4) is 0 Å². The highest BCUT2D eigenvalue weighted by atomic mass is 32.2. The van der Waals surface area contributed by atoms with Gasteiger partial charge in [-0.3, -0.25) is 9.10 Å². The van der Waals surface area contributed by atoms with E-state index in [0.29, 0.717) is 47.5 Å². The van der Waals surface area contributed by atoms with E-state index in [1.807, 2.05) is 0 Å². The van der Waals surface area contributed by atoms with Gasteiger partial charge in [-0.1, -0.05) is 18.2 Å². The summed E-state index contributed by atoms with van der Waals surface area (Å²) in [6.45, 7) is 0.352. The Morgan fingerprint density at radius 3 is 2.27 bits per heavy atom. The zero-order valence-electron chi connectivity index (χ0n) is 20.7. The minimum absolute atomic E-state index is 0.0549. The molecular formula is C26H28N2O8S. The molecule has 1 heterocycles. The van der Waals surface area contributed by atoms with Crippen molar-refractivity contribution in [1.82, 2.24) is 5.32 Å². The van der Waals surface area contributed by atoms with Crippen LogP contribution in [0.15, 0.2) is 65.6 Å². The van der Waals surface area contributed by atoms with Gasteiger partial charge in [-0.2, -0.15) is 0 Å². The number of hydrogen-bond donors (Lipinski definition) is 1. The van der Waals surface area contributed by atoms with Gasteiger partial charge in [-0.05, 0) is 36.4 Å². The molecule has 4 rings (SSSR count). The van der Waals surface area contributed by atoms with Crippen molar-refractivity contribution in [1.29, 1.82) is 0 Å². The first kappa shape index (κ1) is 26.0. The second-order valence-corrected chi connectivity index (χ2v) is 9.79. The van der Waals surface area contributed by atoms with Gasteiger partial charge in [0.25, 0.3) is 10.0 Å². The summed E-state index contributed by atoms with van der Waals surface area (Å²) >= 11 is 0. The van der Waals surface area contributed by atoms with Gasteiger partial charge < -0.3 is 29.0 Å². The van der Waals surface area contributed by atoms with Crippen molar-refractivity contribution in [2.75, 3.05) is 45.4 Å². The molecule has 0 fully saturated rings. The molecule has 0 aliphatic carbocycles. The fourth-order valence-corrected chi connectivity index (χ4v) is 5.34. The predicted molar refractivity (Wildman–Crippen MR) is 136 cm³/mol. The molecule has 1 N–H and O–H groups in total. The molecule has 0 radical (unpaired) electrons. The number of anilines is 1. The summed E-state index contributed by atoms with van der Waals surface area (Å²) in [5.74, 6) is 1.67. The quantitative estimate of drug-likeness (QED) is 0.428. The third kappa shape index (κ3) is 5.51. The molecule has 3 aromatic rings. The number of nitrogens with one attached hydrogen (secondary N) is 1. The van der Waals surface area contributed by atoms with Crippen LogP contribution < -0.4 is 33.3 Å². The number of amides is 1. The lowest BCUT2D eigenvalue weighted by molar-refractivity contribution is -0.119. The van der Waals surface area contributed by atoms with Gasteiger partial charge in [-0.25, -0.2) is 8.42 Å². The Morgan fingerprint density at radius 2 is 1.59 bits per heavy atom. The Bertz CT molecular complexity index is 1360. The van der Waals surface area contributed by atoms with E-state index in [1.54, 1.807) is 48.5 Å². The highest BCUT2D eigenvalue weighted by molar-refractivity contribution is 7.92. The molecule has 0 aromatic heterocycles. The fraction of sp³-hybridized carbons (Fsp3) is 0.269. The van der Waals surface area contributed by atoms with Gasteiger partial charge in [0, 0.05) is 18.2 Å². The molecule has 0 saturated heterocycles. The number of carbonyl (C=O) groups excluding carboxylic acids is 1. The van der Waals surface area contributed by atoms with Crippen molar-refractivity contribution < 1.29 is 36.9 Å². The molecular weight excluding hydrogens is 500 g/mol. The van der Waals surface area contributed by atoms with E-state index in [9.17, 15) is 13.2 Å². The van der Waals surface area contributed by atoms with E-state index >= 15 is 0 Å². The van der Waals surface area contributed by atoms with Crippen LogP contribution in [0, 0.1) is 0 Å². The van der Waals surface area contributed by atoms with Crippen LogP contribution in [0.5, 0.6) is 28.7 Å². The van der Waals surface area contributed by atoms with Crippen molar-refractivity contribution in [3.05, 3.63) is 66.2 Å². The third-order valence-corrected chi connectivity index (χ3v) is 7.48. The van der Waals surface area contributed by atoms with Crippen molar-refractivity contribution in [3.8, 4) is 28.7 Å². The van der Waals surface area contributed by atoms with Gasteiger partial charge in [0.1, 0.15) is 19.8 Å². The number of benzene rings is 3. The number of rotatable bonds is 10. The van der Waals surface area contributed by atoms with Crippen LogP contribution in [-0.2, 0) is 21.4 Å². The first-order valence-electron chi connectivity index (χ1n) is 11.4. The molecule has 0 spiro atoms. The minimum atomic E-state index is -4.08. The zero-order valence-corrected chi connectivity index (χ0v) is 21.5. The van der Waals surface area contributed by atoms with Crippen LogP contribution >= 0.6 is 0 Å². The summed E-state index contributed by atoms with van der Waals surface area (Å²) < 4.78 is 55.6. The molecule has 0 unspecified atom stereocenters. The van der Waals surface area contributed by atoms with Crippen LogP contribution in [0.4, 0.5) is 5.69 Å². The van der Waals surface area contributed by atoms with Crippen molar-refractivity contribution in [2.24, 2.45) is 0 Å². The molecule has 37 heavy (non-hydrogen) atoms. The number of nitrogens with zero attached hydrogens (tertiary/aromatic N) is 1. The first-order chi connectivity index (χ1) is 17.9. The molecule has 1 aliphatic heterocycles. The van der Waals surface area contributed by atoms with Crippen LogP contribution in [0.2, 0.25) is 0 Å².